The van der Waals surface area contributed by atoms with E-state index in [0.29, 0.717) is 6.42 Å². The minimum absolute atomic E-state index is 0.194. The largest absolute Gasteiger partial charge is 0.394 e. The second-order valence-corrected chi connectivity index (χ2v) is 22.9. The number of aliphatic hydroxyl groups is 5. The zero-order valence-corrected chi connectivity index (χ0v) is 50.7. The van der Waals surface area contributed by atoms with Crippen LogP contribution in [0.2, 0.25) is 0 Å². The molecule has 9 nitrogen and oxygen atoms in total. The number of hydrogen-bond donors (Lipinski definition) is 6. The summed E-state index contributed by atoms with van der Waals surface area (Å²) in [4.78, 5) is 13.1. The van der Waals surface area contributed by atoms with Crippen LogP contribution in [-0.2, 0) is 14.3 Å². The van der Waals surface area contributed by atoms with Crippen molar-refractivity contribution in [2.75, 3.05) is 13.2 Å². The molecule has 0 aromatic rings. The summed E-state index contributed by atoms with van der Waals surface area (Å²) < 4.78 is 11.3. The molecule has 78 heavy (non-hydrogen) atoms. The first kappa shape index (κ1) is 73.6. The van der Waals surface area contributed by atoms with Gasteiger partial charge >= 0.3 is 0 Å². The Bertz CT molecular complexity index is 1460. The minimum Gasteiger partial charge on any atom is -0.394 e. The Morgan fingerprint density at radius 2 is 0.769 bits per heavy atom. The van der Waals surface area contributed by atoms with Crippen LogP contribution in [0.4, 0.5) is 0 Å². The van der Waals surface area contributed by atoms with E-state index in [2.05, 4.69) is 79.9 Å². The van der Waals surface area contributed by atoms with Gasteiger partial charge in [-0.2, -0.15) is 0 Å². The lowest BCUT2D eigenvalue weighted by molar-refractivity contribution is -0.302. The molecule has 454 valence electrons. The molecular formula is C69H125NO8. The van der Waals surface area contributed by atoms with Crippen LogP contribution in [0.15, 0.2) is 72.9 Å². The molecule has 0 aromatic carbocycles. The van der Waals surface area contributed by atoms with Crippen molar-refractivity contribution in [1.82, 2.24) is 5.32 Å². The summed E-state index contributed by atoms with van der Waals surface area (Å²) in [5.74, 6) is -0.194. The van der Waals surface area contributed by atoms with Crippen LogP contribution < -0.4 is 5.32 Å². The van der Waals surface area contributed by atoms with Gasteiger partial charge in [-0.3, -0.25) is 4.79 Å². The van der Waals surface area contributed by atoms with Crippen LogP contribution in [0.5, 0.6) is 0 Å². The molecule has 7 unspecified atom stereocenters. The third-order valence-electron chi connectivity index (χ3n) is 15.5. The molecule has 0 aromatic heterocycles. The van der Waals surface area contributed by atoms with Crippen molar-refractivity contribution >= 4 is 5.91 Å². The Hall–Kier alpha value is -2.37. The molecule has 7 atom stereocenters. The van der Waals surface area contributed by atoms with Crippen LogP contribution in [0, 0.1) is 0 Å². The molecule has 1 rings (SSSR count). The number of allylic oxidation sites excluding steroid dienone is 11. The van der Waals surface area contributed by atoms with Gasteiger partial charge in [0.05, 0.1) is 25.4 Å². The summed E-state index contributed by atoms with van der Waals surface area (Å²) in [7, 11) is 0. The molecule has 6 N–H and O–H groups in total. The lowest BCUT2D eigenvalue weighted by Crippen LogP contribution is -2.60. The normalized spacial score (nSPS) is 19.1. The lowest BCUT2D eigenvalue weighted by Gasteiger charge is -2.40. The molecule has 0 saturated carbocycles. The Morgan fingerprint density at radius 1 is 0.436 bits per heavy atom. The summed E-state index contributed by atoms with van der Waals surface area (Å²) in [5, 5.41) is 54.6. The highest BCUT2D eigenvalue weighted by Gasteiger charge is 2.44. The van der Waals surface area contributed by atoms with Gasteiger partial charge in [-0.1, -0.05) is 286 Å². The predicted octanol–water partition coefficient (Wildman–Crippen LogP) is 17.6. The van der Waals surface area contributed by atoms with Crippen LogP contribution in [0.25, 0.3) is 0 Å². The Balaban J connectivity index is 2.21. The van der Waals surface area contributed by atoms with Gasteiger partial charge in [0.15, 0.2) is 6.29 Å². The molecule has 1 saturated heterocycles. The highest BCUT2D eigenvalue weighted by Crippen LogP contribution is 2.23. The van der Waals surface area contributed by atoms with E-state index in [9.17, 15) is 30.3 Å². The SMILES string of the molecule is CCCCCCC/C=C\C/C=C\C/C=C\CCCCCCCCCCCCC(=O)NC(COC1OC(CO)C(O)C(O)C1O)C(O)/C=C/CC/C=C/CC/C=C/CCCCCCCCCCCCCCCCCCCCCC. The molecule has 0 spiro atoms. The zero-order valence-electron chi connectivity index (χ0n) is 50.7. The van der Waals surface area contributed by atoms with Gasteiger partial charge in [-0.15, -0.1) is 0 Å². The van der Waals surface area contributed by atoms with Crippen molar-refractivity contribution in [3.05, 3.63) is 72.9 Å². The van der Waals surface area contributed by atoms with Gasteiger partial charge in [0, 0.05) is 6.42 Å². The van der Waals surface area contributed by atoms with E-state index in [4.69, 9.17) is 9.47 Å². The molecule has 1 heterocycles. The minimum atomic E-state index is -1.58. The predicted molar refractivity (Wildman–Crippen MR) is 332 cm³/mol. The van der Waals surface area contributed by atoms with Crippen molar-refractivity contribution in [3.63, 3.8) is 0 Å². The zero-order chi connectivity index (χ0) is 56.5. The third-order valence-corrected chi connectivity index (χ3v) is 15.5. The van der Waals surface area contributed by atoms with Crippen LogP contribution in [0.3, 0.4) is 0 Å². The highest BCUT2D eigenvalue weighted by molar-refractivity contribution is 5.76. The van der Waals surface area contributed by atoms with E-state index in [1.807, 2.05) is 6.08 Å². The van der Waals surface area contributed by atoms with Gasteiger partial charge in [0.1, 0.15) is 24.4 Å². The summed E-state index contributed by atoms with van der Waals surface area (Å²) in [6.45, 7) is 3.77. The summed E-state index contributed by atoms with van der Waals surface area (Å²) in [6.07, 6.45) is 74.2. The molecule has 1 aliphatic heterocycles. The highest BCUT2D eigenvalue weighted by atomic mass is 16.7. The first-order valence-electron chi connectivity index (χ1n) is 33.2. The number of amides is 1. The second-order valence-electron chi connectivity index (χ2n) is 22.9. The van der Waals surface area contributed by atoms with E-state index < -0.39 is 49.5 Å². The third kappa shape index (κ3) is 46.3. The number of carbonyl (C=O) groups is 1. The van der Waals surface area contributed by atoms with Crippen molar-refractivity contribution in [2.24, 2.45) is 0 Å². The van der Waals surface area contributed by atoms with E-state index in [-0.39, 0.29) is 12.5 Å². The van der Waals surface area contributed by atoms with E-state index in [0.717, 1.165) is 70.6 Å². The van der Waals surface area contributed by atoms with Crippen molar-refractivity contribution in [1.29, 1.82) is 0 Å². The van der Waals surface area contributed by atoms with Gasteiger partial charge in [-0.25, -0.2) is 0 Å². The first-order chi connectivity index (χ1) is 38.3. The van der Waals surface area contributed by atoms with Crippen molar-refractivity contribution in [3.8, 4) is 0 Å². The number of ether oxygens (including phenoxy) is 2. The lowest BCUT2D eigenvalue weighted by atomic mass is 9.99. The average Bonchev–Trinajstić information content (AvgIpc) is 3.45. The molecule has 1 aliphatic rings. The molecule has 0 bridgehead atoms. The maximum Gasteiger partial charge on any atom is 0.220 e. The average molecular weight is 1100 g/mol. The summed E-state index contributed by atoms with van der Waals surface area (Å²) in [6, 6.07) is -0.836. The van der Waals surface area contributed by atoms with Gasteiger partial charge in [-0.05, 0) is 83.5 Å². The second kappa shape index (κ2) is 57.8. The van der Waals surface area contributed by atoms with Gasteiger partial charge in [0.25, 0.3) is 0 Å². The number of carbonyl (C=O) groups excluding carboxylic acids is 1. The Labute approximate surface area is 480 Å². The topological polar surface area (TPSA) is 149 Å². The molecule has 0 aliphatic carbocycles. The van der Waals surface area contributed by atoms with Crippen LogP contribution in [0.1, 0.15) is 303 Å². The van der Waals surface area contributed by atoms with Crippen LogP contribution >= 0.6 is 0 Å². The maximum absolute atomic E-state index is 13.1. The Morgan fingerprint density at radius 3 is 1.17 bits per heavy atom. The number of nitrogens with one attached hydrogen (secondary N) is 1. The number of hydrogen-bond acceptors (Lipinski definition) is 8. The standard InChI is InChI=1S/C69H125NO8/c1-3-5-7-9-11-13-15-17-19-21-23-25-27-29-30-31-32-33-35-36-38-40-42-44-46-48-50-52-54-56-58-63(72)62(61-77-69-68(76)67(75)66(74)64(60-71)78-69)70-65(73)59-57-55-53-51-49-47-45-43-41-39-37-34-28-26-24-22-20-18-16-14-12-10-8-6-4-2/h16,18,22,24,28,34,40,42,48,50,56,58,62-64,66-69,71-72,74-76H,3-15,17,19-21,23,25-27,29-33,35-39,41,43-47,49,51-55,57,59-61H2,1-2H3,(H,70,73)/b18-16-,24-22-,34-28-,42-40+,50-48+,58-56+. The summed E-state index contributed by atoms with van der Waals surface area (Å²) >= 11 is 0. The van der Waals surface area contributed by atoms with E-state index in [1.165, 1.54) is 212 Å². The molecule has 1 amide bonds. The molecule has 9 heteroatoms. The molecule has 1 fully saturated rings. The maximum atomic E-state index is 13.1. The number of unbranched alkanes of at least 4 members (excludes halogenated alkanes) is 37. The number of rotatable bonds is 57. The summed E-state index contributed by atoms with van der Waals surface area (Å²) in [5.41, 5.74) is 0. The Kier molecular flexibility index (Phi) is 54.6. The quantitative estimate of drug-likeness (QED) is 0.0261. The molecular weight excluding hydrogens is 971 g/mol. The fourth-order valence-electron chi connectivity index (χ4n) is 10.3. The smallest absolute Gasteiger partial charge is 0.220 e. The van der Waals surface area contributed by atoms with Crippen molar-refractivity contribution in [2.45, 2.75) is 346 Å². The molecule has 0 radical (unpaired) electrons. The van der Waals surface area contributed by atoms with E-state index >= 15 is 0 Å². The number of aliphatic hydroxyl groups excluding tert-OH is 5. The van der Waals surface area contributed by atoms with Gasteiger partial charge in [0.2, 0.25) is 5.91 Å². The fourth-order valence-corrected chi connectivity index (χ4v) is 10.3. The fraction of sp³-hybridized carbons (Fsp3) is 0.812. The van der Waals surface area contributed by atoms with E-state index in [1.54, 1.807) is 6.08 Å². The first-order valence-corrected chi connectivity index (χ1v) is 33.2. The monoisotopic (exact) mass is 1100 g/mol. The van der Waals surface area contributed by atoms with Gasteiger partial charge < -0.3 is 40.3 Å². The van der Waals surface area contributed by atoms with Crippen LogP contribution in [-0.4, -0.2) is 87.5 Å². The van der Waals surface area contributed by atoms with Crippen molar-refractivity contribution < 1.29 is 39.8 Å².